The van der Waals surface area contributed by atoms with E-state index in [9.17, 15) is 9.59 Å². The summed E-state index contributed by atoms with van der Waals surface area (Å²) < 4.78 is 16.3. The van der Waals surface area contributed by atoms with Gasteiger partial charge in [-0.3, -0.25) is 4.79 Å². The van der Waals surface area contributed by atoms with Crippen LogP contribution >= 0.6 is 0 Å². The fourth-order valence-electron chi connectivity index (χ4n) is 3.65. The lowest BCUT2D eigenvalue weighted by atomic mass is 10.1. The molecule has 3 aromatic rings. The first kappa shape index (κ1) is 21.6. The molecule has 1 amide bonds. The van der Waals surface area contributed by atoms with Crippen molar-refractivity contribution in [2.75, 3.05) is 40.0 Å². The van der Waals surface area contributed by atoms with Gasteiger partial charge in [0.1, 0.15) is 12.4 Å². The molecule has 0 bridgehead atoms. The largest absolute Gasteiger partial charge is 0.488 e. The number of hydrogen-bond donors (Lipinski definition) is 0. The summed E-state index contributed by atoms with van der Waals surface area (Å²) in [6.07, 6.45) is 1.81. The Labute approximate surface area is 187 Å². The van der Waals surface area contributed by atoms with Crippen LogP contribution in [0.5, 0.6) is 5.75 Å². The van der Waals surface area contributed by atoms with Crippen molar-refractivity contribution in [2.24, 2.45) is 0 Å². The number of carbonyl (C=O) groups excluding carboxylic acids is 2. The molecule has 4 rings (SSSR count). The summed E-state index contributed by atoms with van der Waals surface area (Å²) in [5.74, 6) is 0.250. The molecule has 164 valence electrons. The van der Waals surface area contributed by atoms with E-state index in [2.05, 4.69) is 0 Å². The molecule has 0 spiro atoms. The Balaban J connectivity index is 1.60. The molecule has 1 saturated heterocycles. The summed E-state index contributed by atoms with van der Waals surface area (Å²) in [6.45, 7) is 2.27. The van der Waals surface area contributed by atoms with Crippen molar-refractivity contribution in [2.45, 2.75) is 0 Å². The Hall–Kier alpha value is -3.64. The normalized spacial score (nSPS) is 14.3. The van der Waals surface area contributed by atoms with Crippen LogP contribution in [0.15, 0.2) is 72.3 Å². The van der Waals surface area contributed by atoms with Gasteiger partial charge >= 0.3 is 5.97 Å². The van der Waals surface area contributed by atoms with Crippen molar-refractivity contribution in [1.29, 1.82) is 0 Å². The first-order chi connectivity index (χ1) is 15.7. The monoisotopic (exact) mass is 431 g/mol. The molecule has 0 aliphatic carbocycles. The van der Waals surface area contributed by atoms with Crippen molar-refractivity contribution in [3.8, 4) is 5.75 Å². The van der Waals surface area contributed by atoms with Crippen LogP contribution in [-0.4, -0.2) is 56.8 Å². The molecule has 0 aromatic heterocycles. The van der Waals surface area contributed by atoms with Gasteiger partial charge in [-0.05, 0) is 35.2 Å². The lowest BCUT2D eigenvalue weighted by molar-refractivity contribution is -0.131. The average molecular weight is 431 g/mol. The molecule has 0 unspecified atom stereocenters. The SMILES string of the molecule is COC(=O)c1ccc(C=C(COc2cccc3ccccc23)C(=O)N2CCOCC2)cc1. The molecule has 0 N–H and O–H groups in total. The van der Waals surface area contributed by atoms with Crippen LogP contribution in [-0.2, 0) is 14.3 Å². The van der Waals surface area contributed by atoms with Crippen LogP contribution < -0.4 is 4.74 Å². The van der Waals surface area contributed by atoms with Gasteiger partial charge in [-0.1, -0.05) is 48.5 Å². The molecule has 6 nitrogen and oxygen atoms in total. The topological polar surface area (TPSA) is 65.1 Å². The van der Waals surface area contributed by atoms with Crippen LogP contribution in [0.2, 0.25) is 0 Å². The predicted molar refractivity (Wildman–Crippen MR) is 123 cm³/mol. The van der Waals surface area contributed by atoms with E-state index < -0.39 is 5.97 Å². The number of methoxy groups -OCH3 is 1. The van der Waals surface area contributed by atoms with Crippen molar-refractivity contribution in [3.63, 3.8) is 0 Å². The van der Waals surface area contributed by atoms with E-state index in [0.29, 0.717) is 37.4 Å². The number of rotatable bonds is 6. The number of nitrogens with zero attached hydrogens (tertiary/aromatic N) is 1. The molecule has 1 heterocycles. The molecule has 1 fully saturated rings. The summed E-state index contributed by atoms with van der Waals surface area (Å²) in [5.41, 5.74) is 1.79. The van der Waals surface area contributed by atoms with E-state index in [-0.39, 0.29) is 12.5 Å². The van der Waals surface area contributed by atoms with Crippen LogP contribution in [0.3, 0.4) is 0 Å². The Kier molecular flexibility index (Phi) is 6.82. The van der Waals surface area contributed by atoms with E-state index in [1.54, 1.807) is 29.2 Å². The third-order valence-corrected chi connectivity index (χ3v) is 5.38. The Bertz CT molecular complexity index is 1130. The molecule has 0 radical (unpaired) electrons. The third-order valence-electron chi connectivity index (χ3n) is 5.38. The van der Waals surface area contributed by atoms with Crippen molar-refractivity contribution in [1.82, 2.24) is 4.90 Å². The first-order valence-corrected chi connectivity index (χ1v) is 10.5. The number of esters is 1. The van der Waals surface area contributed by atoms with Crippen LogP contribution in [0.4, 0.5) is 0 Å². The molecule has 6 heteroatoms. The minimum absolute atomic E-state index is 0.0782. The van der Waals surface area contributed by atoms with Crippen LogP contribution in [0.1, 0.15) is 15.9 Å². The maximum atomic E-state index is 13.3. The van der Waals surface area contributed by atoms with Gasteiger partial charge in [0, 0.05) is 18.5 Å². The highest BCUT2D eigenvalue weighted by atomic mass is 16.5. The van der Waals surface area contributed by atoms with Gasteiger partial charge < -0.3 is 19.1 Å². The van der Waals surface area contributed by atoms with E-state index in [4.69, 9.17) is 14.2 Å². The minimum atomic E-state index is -0.399. The lowest BCUT2D eigenvalue weighted by Crippen LogP contribution is -2.42. The molecule has 0 atom stereocenters. The van der Waals surface area contributed by atoms with Crippen molar-refractivity contribution in [3.05, 3.63) is 83.4 Å². The van der Waals surface area contributed by atoms with Gasteiger partial charge in [0.15, 0.2) is 0 Å². The molecule has 32 heavy (non-hydrogen) atoms. The molecular weight excluding hydrogens is 406 g/mol. The Morgan fingerprint density at radius 3 is 2.44 bits per heavy atom. The fourth-order valence-corrected chi connectivity index (χ4v) is 3.65. The van der Waals surface area contributed by atoms with Gasteiger partial charge in [-0.2, -0.15) is 0 Å². The molecule has 1 aliphatic rings. The second-order valence-electron chi connectivity index (χ2n) is 7.45. The molecule has 3 aromatic carbocycles. The first-order valence-electron chi connectivity index (χ1n) is 10.5. The lowest BCUT2D eigenvalue weighted by Gasteiger charge is -2.28. The summed E-state index contributed by atoms with van der Waals surface area (Å²) in [4.78, 5) is 26.7. The number of hydrogen-bond acceptors (Lipinski definition) is 5. The van der Waals surface area contributed by atoms with Gasteiger partial charge in [0.25, 0.3) is 5.91 Å². The highest BCUT2D eigenvalue weighted by Crippen LogP contribution is 2.26. The number of benzene rings is 3. The summed E-state index contributed by atoms with van der Waals surface area (Å²) in [7, 11) is 1.35. The summed E-state index contributed by atoms with van der Waals surface area (Å²) in [6, 6.07) is 20.8. The van der Waals surface area contributed by atoms with E-state index >= 15 is 0 Å². The van der Waals surface area contributed by atoms with Gasteiger partial charge in [-0.15, -0.1) is 0 Å². The quantitative estimate of drug-likeness (QED) is 0.437. The second-order valence-corrected chi connectivity index (χ2v) is 7.45. The highest BCUT2D eigenvalue weighted by molar-refractivity contribution is 5.98. The Morgan fingerprint density at radius 1 is 0.969 bits per heavy atom. The molecule has 1 aliphatic heterocycles. The number of amides is 1. The standard InChI is InChI=1S/C26H25NO5/c1-30-26(29)21-11-9-19(10-12-21)17-22(25(28)27-13-15-31-16-14-27)18-32-24-8-4-6-20-5-2-3-7-23(20)24/h2-12,17H,13-16,18H2,1H3. The van der Waals surface area contributed by atoms with Crippen LogP contribution in [0, 0.1) is 0 Å². The Morgan fingerprint density at radius 2 is 1.69 bits per heavy atom. The highest BCUT2D eigenvalue weighted by Gasteiger charge is 2.21. The van der Waals surface area contributed by atoms with Gasteiger partial charge in [0.2, 0.25) is 0 Å². The average Bonchev–Trinajstić information content (AvgIpc) is 2.86. The summed E-state index contributed by atoms with van der Waals surface area (Å²) >= 11 is 0. The van der Waals surface area contributed by atoms with Gasteiger partial charge in [0.05, 0.1) is 31.5 Å². The van der Waals surface area contributed by atoms with Crippen molar-refractivity contribution < 1.29 is 23.8 Å². The number of morpholine rings is 1. The van der Waals surface area contributed by atoms with Gasteiger partial charge in [-0.25, -0.2) is 4.79 Å². The second kappa shape index (κ2) is 10.1. The maximum absolute atomic E-state index is 13.3. The predicted octanol–water partition coefficient (Wildman–Crippen LogP) is 3.95. The molecular formula is C26H25NO5. The van der Waals surface area contributed by atoms with E-state index in [0.717, 1.165) is 22.1 Å². The van der Waals surface area contributed by atoms with E-state index in [1.807, 2.05) is 48.5 Å². The van der Waals surface area contributed by atoms with Crippen molar-refractivity contribution >= 4 is 28.7 Å². The van der Waals surface area contributed by atoms with E-state index in [1.165, 1.54) is 7.11 Å². The van der Waals surface area contributed by atoms with Crippen LogP contribution in [0.25, 0.3) is 16.8 Å². The third kappa shape index (κ3) is 4.98. The maximum Gasteiger partial charge on any atom is 0.337 e. The summed E-state index contributed by atoms with van der Waals surface area (Å²) in [5, 5.41) is 2.07. The molecule has 0 saturated carbocycles. The minimum Gasteiger partial charge on any atom is -0.488 e. The number of ether oxygens (including phenoxy) is 3. The number of carbonyl (C=O) groups is 2. The fraction of sp³-hybridized carbons (Fsp3) is 0.231. The zero-order valence-electron chi connectivity index (χ0n) is 18.0. The zero-order chi connectivity index (χ0) is 22.3. The number of fused-ring (bicyclic) bond motifs is 1. The zero-order valence-corrected chi connectivity index (χ0v) is 18.0. The smallest absolute Gasteiger partial charge is 0.337 e.